The Kier molecular flexibility index (Phi) is 3.57. The fourth-order valence-corrected chi connectivity index (χ4v) is 2.38. The molecular weight excluding hydrogens is 226 g/mol. The van der Waals surface area contributed by atoms with Gasteiger partial charge in [-0.3, -0.25) is 4.79 Å². The summed E-state index contributed by atoms with van der Waals surface area (Å²) in [6.45, 7) is 7.53. The lowest BCUT2D eigenvalue weighted by molar-refractivity contribution is -0.116. The van der Waals surface area contributed by atoms with Gasteiger partial charge in [-0.2, -0.15) is 0 Å². The van der Waals surface area contributed by atoms with Crippen molar-refractivity contribution in [2.45, 2.75) is 39.3 Å². The van der Waals surface area contributed by atoms with E-state index in [1.54, 1.807) is 0 Å². The van der Waals surface area contributed by atoms with Crippen LogP contribution >= 0.6 is 0 Å². The number of benzene rings is 1. The van der Waals surface area contributed by atoms with Crippen LogP contribution in [0.2, 0.25) is 0 Å². The zero-order valence-electron chi connectivity index (χ0n) is 11.2. The number of nitrogens with two attached hydrogens (primary N) is 1. The monoisotopic (exact) mass is 247 g/mol. The maximum atomic E-state index is 11.5. The van der Waals surface area contributed by atoms with Gasteiger partial charge in [-0.05, 0) is 32.4 Å². The highest BCUT2D eigenvalue weighted by Crippen LogP contribution is 2.33. The smallest absolute Gasteiger partial charge is 0.245 e. The summed E-state index contributed by atoms with van der Waals surface area (Å²) in [4.78, 5) is 13.9. The number of nitrogens with one attached hydrogen (secondary N) is 1. The lowest BCUT2D eigenvalue weighted by Gasteiger charge is -2.29. The Morgan fingerprint density at radius 3 is 2.78 bits per heavy atom. The number of fused-ring (bicyclic) bond motifs is 1. The molecule has 0 radical (unpaired) electrons. The summed E-state index contributed by atoms with van der Waals surface area (Å²) in [7, 11) is 0. The summed E-state index contributed by atoms with van der Waals surface area (Å²) in [5.41, 5.74) is 8.69. The van der Waals surface area contributed by atoms with Gasteiger partial charge in [-0.1, -0.05) is 13.0 Å². The molecule has 0 saturated heterocycles. The summed E-state index contributed by atoms with van der Waals surface area (Å²) >= 11 is 0. The number of anilines is 2. The highest BCUT2D eigenvalue weighted by atomic mass is 16.2. The van der Waals surface area contributed by atoms with Gasteiger partial charge < -0.3 is 16.0 Å². The van der Waals surface area contributed by atoms with Crippen molar-refractivity contribution in [3.05, 3.63) is 23.8 Å². The fraction of sp³-hybridized carbons (Fsp3) is 0.500. The minimum absolute atomic E-state index is 0.117. The SMILES string of the molecule is CCCN(c1ccc2c(c1)NC(=O)C2N)C(C)C. The van der Waals surface area contributed by atoms with Gasteiger partial charge >= 0.3 is 0 Å². The highest BCUT2D eigenvalue weighted by Gasteiger charge is 2.27. The van der Waals surface area contributed by atoms with Crippen molar-refractivity contribution in [3.63, 3.8) is 0 Å². The van der Waals surface area contributed by atoms with Crippen LogP contribution in [-0.2, 0) is 4.79 Å². The molecule has 0 bridgehead atoms. The first-order valence-corrected chi connectivity index (χ1v) is 6.51. The van der Waals surface area contributed by atoms with Crippen LogP contribution in [-0.4, -0.2) is 18.5 Å². The minimum atomic E-state index is -0.521. The highest BCUT2D eigenvalue weighted by molar-refractivity contribution is 6.02. The third-order valence-corrected chi connectivity index (χ3v) is 3.33. The predicted molar refractivity (Wildman–Crippen MR) is 74.8 cm³/mol. The Morgan fingerprint density at radius 1 is 1.44 bits per heavy atom. The van der Waals surface area contributed by atoms with Crippen molar-refractivity contribution >= 4 is 17.3 Å². The Hall–Kier alpha value is -1.55. The molecule has 1 heterocycles. The Morgan fingerprint density at radius 2 is 2.17 bits per heavy atom. The molecule has 0 aliphatic carbocycles. The van der Waals surface area contributed by atoms with Crippen LogP contribution < -0.4 is 16.0 Å². The van der Waals surface area contributed by atoms with Gasteiger partial charge in [-0.15, -0.1) is 0 Å². The van der Waals surface area contributed by atoms with E-state index >= 15 is 0 Å². The Bertz CT molecular complexity index is 456. The van der Waals surface area contributed by atoms with Gasteiger partial charge in [0, 0.05) is 29.5 Å². The Balaban J connectivity index is 2.32. The van der Waals surface area contributed by atoms with Gasteiger partial charge in [0.15, 0.2) is 0 Å². The predicted octanol–water partition coefficient (Wildman–Crippen LogP) is 2.26. The number of nitrogens with zero attached hydrogens (tertiary/aromatic N) is 1. The normalized spacial score (nSPS) is 17.8. The van der Waals surface area contributed by atoms with Crippen LogP contribution in [0.5, 0.6) is 0 Å². The van der Waals surface area contributed by atoms with Crippen LogP contribution in [0.4, 0.5) is 11.4 Å². The lowest BCUT2D eigenvalue weighted by Crippen LogP contribution is -2.31. The average Bonchev–Trinajstić information content (AvgIpc) is 2.61. The van der Waals surface area contributed by atoms with Gasteiger partial charge in [0.1, 0.15) is 6.04 Å². The summed E-state index contributed by atoms with van der Waals surface area (Å²) in [5, 5.41) is 2.83. The van der Waals surface area contributed by atoms with E-state index < -0.39 is 6.04 Å². The lowest BCUT2D eigenvalue weighted by atomic mass is 10.1. The average molecular weight is 247 g/mol. The summed E-state index contributed by atoms with van der Waals surface area (Å²) in [5.74, 6) is -0.117. The summed E-state index contributed by atoms with van der Waals surface area (Å²) in [6, 6.07) is 5.95. The number of hydrogen-bond donors (Lipinski definition) is 2. The standard InChI is InChI=1S/C14H21N3O/c1-4-7-17(9(2)3)10-5-6-11-12(8-10)16-14(18)13(11)15/h5-6,8-9,13H,4,7,15H2,1-3H3,(H,16,18). The third-order valence-electron chi connectivity index (χ3n) is 3.33. The molecule has 0 fully saturated rings. The second-order valence-electron chi connectivity index (χ2n) is 5.03. The first kappa shape index (κ1) is 12.9. The van der Waals surface area contributed by atoms with Gasteiger partial charge in [0.25, 0.3) is 0 Å². The number of rotatable bonds is 4. The molecule has 1 amide bonds. The van der Waals surface area contributed by atoms with E-state index in [2.05, 4.69) is 37.1 Å². The van der Waals surface area contributed by atoms with E-state index in [1.807, 2.05) is 12.1 Å². The molecule has 4 nitrogen and oxygen atoms in total. The summed E-state index contributed by atoms with van der Waals surface area (Å²) in [6.07, 6.45) is 1.10. The molecule has 1 aliphatic rings. The molecule has 1 aliphatic heterocycles. The Labute approximate surface area is 108 Å². The molecule has 1 unspecified atom stereocenters. The van der Waals surface area contributed by atoms with Crippen LogP contribution in [0.3, 0.4) is 0 Å². The molecule has 0 spiro atoms. The van der Waals surface area contributed by atoms with Crippen molar-refractivity contribution in [1.29, 1.82) is 0 Å². The number of carbonyl (C=O) groups excluding carboxylic acids is 1. The molecule has 0 saturated carbocycles. The van der Waals surface area contributed by atoms with Crippen molar-refractivity contribution in [2.75, 3.05) is 16.8 Å². The molecule has 2 rings (SSSR count). The van der Waals surface area contributed by atoms with E-state index in [-0.39, 0.29) is 5.91 Å². The first-order valence-electron chi connectivity index (χ1n) is 6.51. The molecule has 0 aromatic heterocycles. The van der Waals surface area contributed by atoms with E-state index in [0.29, 0.717) is 6.04 Å². The van der Waals surface area contributed by atoms with Crippen LogP contribution in [0.25, 0.3) is 0 Å². The number of carbonyl (C=O) groups is 1. The van der Waals surface area contributed by atoms with Crippen molar-refractivity contribution < 1.29 is 4.79 Å². The van der Waals surface area contributed by atoms with Crippen LogP contribution in [0.1, 0.15) is 38.8 Å². The fourth-order valence-electron chi connectivity index (χ4n) is 2.38. The van der Waals surface area contributed by atoms with Gasteiger partial charge in [-0.25, -0.2) is 0 Å². The van der Waals surface area contributed by atoms with Crippen LogP contribution in [0.15, 0.2) is 18.2 Å². The number of amides is 1. The largest absolute Gasteiger partial charge is 0.369 e. The molecule has 1 aromatic rings. The van der Waals surface area contributed by atoms with Crippen molar-refractivity contribution in [3.8, 4) is 0 Å². The zero-order valence-corrected chi connectivity index (χ0v) is 11.2. The van der Waals surface area contributed by atoms with E-state index in [4.69, 9.17) is 5.73 Å². The number of hydrogen-bond acceptors (Lipinski definition) is 3. The zero-order chi connectivity index (χ0) is 13.3. The minimum Gasteiger partial charge on any atom is -0.369 e. The molecule has 4 heteroatoms. The molecule has 1 aromatic carbocycles. The third kappa shape index (κ3) is 2.20. The topological polar surface area (TPSA) is 58.4 Å². The quantitative estimate of drug-likeness (QED) is 0.858. The maximum absolute atomic E-state index is 11.5. The molecular formula is C14H21N3O. The van der Waals surface area contributed by atoms with Crippen molar-refractivity contribution in [2.24, 2.45) is 5.73 Å². The van der Waals surface area contributed by atoms with Crippen LogP contribution in [0, 0.1) is 0 Å². The summed E-state index contributed by atoms with van der Waals surface area (Å²) < 4.78 is 0. The maximum Gasteiger partial charge on any atom is 0.245 e. The van der Waals surface area contributed by atoms with E-state index in [1.165, 1.54) is 0 Å². The van der Waals surface area contributed by atoms with Gasteiger partial charge in [0.2, 0.25) is 5.91 Å². The van der Waals surface area contributed by atoms with E-state index in [9.17, 15) is 4.79 Å². The molecule has 3 N–H and O–H groups in total. The van der Waals surface area contributed by atoms with Crippen molar-refractivity contribution in [1.82, 2.24) is 0 Å². The second kappa shape index (κ2) is 4.98. The second-order valence-corrected chi connectivity index (χ2v) is 5.03. The molecule has 18 heavy (non-hydrogen) atoms. The molecule has 1 atom stereocenters. The molecule has 98 valence electrons. The van der Waals surface area contributed by atoms with Gasteiger partial charge in [0.05, 0.1) is 0 Å². The van der Waals surface area contributed by atoms with E-state index in [0.717, 1.165) is 29.9 Å². The first-order chi connectivity index (χ1) is 8.54.